The fraction of sp³-hybridized carbons (Fsp3) is 0.636. The summed E-state index contributed by atoms with van der Waals surface area (Å²) < 4.78 is 0. The minimum absolute atomic E-state index is 0.178. The molecule has 8 N–H and O–H groups in total. The Balaban J connectivity index is 4.85. The van der Waals surface area contributed by atoms with E-state index in [1.54, 1.807) is 0 Å². The van der Waals surface area contributed by atoms with E-state index < -0.39 is 54.3 Å². The van der Waals surface area contributed by atoms with Gasteiger partial charge in [-0.2, -0.15) is 12.6 Å². The summed E-state index contributed by atoms with van der Waals surface area (Å²) in [6.45, 7) is 1.22. The van der Waals surface area contributed by atoms with Gasteiger partial charge in [-0.15, -0.1) is 0 Å². The van der Waals surface area contributed by atoms with Gasteiger partial charge in [0.25, 0.3) is 0 Å². The summed E-state index contributed by atoms with van der Waals surface area (Å²) >= 11 is 3.77. The van der Waals surface area contributed by atoms with Crippen LogP contribution in [0.25, 0.3) is 0 Å². The number of carbonyl (C=O) groups excluding carboxylic acids is 3. The predicted octanol–water partition coefficient (Wildman–Crippen LogP) is -3.45. The molecule has 22 heavy (non-hydrogen) atoms. The van der Waals surface area contributed by atoms with Gasteiger partial charge < -0.3 is 32.3 Å². The second-order valence-corrected chi connectivity index (χ2v) is 4.95. The third-order valence-electron chi connectivity index (χ3n) is 2.62. The van der Waals surface area contributed by atoms with Crippen molar-refractivity contribution in [3.8, 4) is 0 Å². The van der Waals surface area contributed by atoms with Crippen LogP contribution < -0.4 is 22.1 Å². The molecule has 0 radical (unpaired) electrons. The van der Waals surface area contributed by atoms with E-state index in [0.29, 0.717) is 0 Å². The average Bonchev–Trinajstić information content (AvgIpc) is 2.39. The molecular weight excluding hydrogens is 316 g/mol. The number of nitrogens with one attached hydrogen (secondary N) is 2. The van der Waals surface area contributed by atoms with Crippen molar-refractivity contribution in [1.29, 1.82) is 0 Å². The van der Waals surface area contributed by atoms with Crippen molar-refractivity contribution in [3.63, 3.8) is 0 Å². The Morgan fingerprint density at radius 2 is 1.73 bits per heavy atom. The Morgan fingerprint density at radius 3 is 2.09 bits per heavy atom. The molecular formula is C11H20N4O6S. The first kappa shape index (κ1) is 20.1. The van der Waals surface area contributed by atoms with Crippen molar-refractivity contribution in [3.05, 3.63) is 0 Å². The maximum atomic E-state index is 11.9. The zero-order valence-corrected chi connectivity index (χ0v) is 12.7. The maximum Gasteiger partial charge on any atom is 0.327 e. The highest BCUT2D eigenvalue weighted by atomic mass is 32.1. The van der Waals surface area contributed by atoms with Crippen LogP contribution in [0.1, 0.15) is 13.3 Å². The highest BCUT2D eigenvalue weighted by Gasteiger charge is 2.30. The lowest BCUT2D eigenvalue weighted by atomic mass is 10.1. The van der Waals surface area contributed by atoms with Crippen molar-refractivity contribution in [2.45, 2.75) is 37.6 Å². The number of rotatable bonds is 9. The van der Waals surface area contributed by atoms with Crippen LogP contribution in [0.15, 0.2) is 0 Å². The van der Waals surface area contributed by atoms with E-state index in [2.05, 4.69) is 23.3 Å². The molecule has 0 aliphatic rings. The summed E-state index contributed by atoms with van der Waals surface area (Å²) in [4.78, 5) is 45.2. The van der Waals surface area contributed by atoms with Crippen LogP contribution in [0.2, 0.25) is 0 Å². The second-order valence-electron chi connectivity index (χ2n) is 4.59. The molecule has 10 nitrogen and oxygen atoms in total. The average molecular weight is 336 g/mol. The molecule has 0 rings (SSSR count). The first-order chi connectivity index (χ1) is 10.1. The van der Waals surface area contributed by atoms with Crippen LogP contribution in [0.3, 0.4) is 0 Å². The SMILES string of the molecule is CC(O)C(NC(=O)C(N)CC(N)=O)C(=O)NC(CS)C(=O)O. The van der Waals surface area contributed by atoms with Gasteiger partial charge in [-0.25, -0.2) is 4.79 Å². The Hall–Kier alpha value is -1.85. The molecule has 0 saturated carbocycles. The quantitative estimate of drug-likeness (QED) is 0.213. The van der Waals surface area contributed by atoms with Gasteiger partial charge in [0.15, 0.2) is 0 Å². The van der Waals surface area contributed by atoms with Gasteiger partial charge in [0.2, 0.25) is 17.7 Å². The number of carboxylic acids is 1. The summed E-state index contributed by atoms with van der Waals surface area (Å²) in [5.74, 6) is -4.09. The number of primary amides is 1. The Kier molecular flexibility index (Phi) is 8.45. The highest BCUT2D eigenvalue weighted by molar-refractivity contribution is 7.80. The lowest BCUT2D eigenvalue weighted by Crippen LogP contribution is -2.58. The summed E-state index contributed by atoms with van der Waals surface area (Å²) in [5.41, 5.74) is 10.3. The van der Waals surface area contributed by atoms with Gasteiger partial charge >= 0.3 is 5.97 Å². The monoisotopic (exact) mass is 336 g/mol. The summed E-state index contributed by atoms with van der Waals surface area (Å²) in [5, 5.41) is 22.6. The van der Waals surface area contributed by atoms with E-state index in [-0.39, 0.29) is 5.75 Å². The number of carboxylic acid groups (broad SMARTS) is 1. The van der Waals surface area contributed by atoms with E-state index in [9.17, 15) is 24.3 Å². The lowest BCUT2D eigenvalue weighted by Gasteiger charge is -2.24. The van der Waals surface area contributed by atoms with Gasteiger partial charge in [-0.05, 0) is 6.92 Å². The van der Waals surface area contributed by atoms with E-state index in [4.69, 9.17) is 16.6 Å². The zero-order chi connectivity index (χ0) is 17.4. The molecule has 0 heterocycles. The van der Waals surface area contributed by atoms with Crippen molar-refractivity contribution in [1.82, 2.24) is 10.6 Å². The van der Waals surface area contributed by atoms with E-state index >= 15 is 0 Å². The molecule has 0 bridgehead atoms. The standard InChI is InChI=1S/C11H20N4O6S/c1-4(16)8(10(19)14-6(3-22)11(20)21)15-9(18)5(12)2-7(13)17/h4-6,8,16,22H,2-3,12H2,1H3,(H2,13,17)(H,14,19)(H,15,18)(H,20,21). The first-order valence-corrected chi connectivity index (χ1v) is 6.89. The highest BCUT2D eigenvalue weighted by Crippen LogP contribution is 1.98. The number of amides is 3. The van der Waals surface area contributed by atoms with Crippen LogP contribution in [-0.4, -0.2) is 63.9 Å². The number of aliphatic carboxylic acids is 1. The summed E-state index contributed by atoms with van der Waals surface area (Å²) in [6.07, 6.45) is -1.76. The van der Waals surface area contributed by atoms with Crippen LogP contribution >= 0.6 is 12.6 Å². The smallest absolute Gasteiger partial charge is 0.327 e. The molecule has 0 aromatic heterocycles. The molecule has 11 heteroatoms. The third-order valence-corrected chi connectivity index (χ3v) is 2.98. The molecule has 4 atom stereocenters. The third kappa shape index (κ3) is 6.74. The fourth-order valence-electron chi connectivity index (χ4n) is 1.42. The fourth-order valence-corrected chi connectivity index (χ4v) is 1.67. The number of carbonyl (C=O) groups is 4. The number of nitrogens with two attached hydrogens (primary N) is 2. The van der Waals surface area contributed by atoms with E-state index in [0.717, 1.165) is 0 Å². The molecule has 0 spiro atoms. The van der Waals surface area contributed by atoms with Crippen molar-refractivity contribution in [2.75, 3.05) is 5.75 Å². The molecule has 126 valence electrons. The zero-order valence-electron chi connectivity index (χ0n) is 11.9. The number of aliphatic hydroxyl groups is 1. The van der Waals surface area contributed by atoms with Crippen LogP contribution in [0.4, 0.5) is 0 Å². The molecule has 0 aromatic carbocycles. The van der Waals surface area contributed by atoms with Crippen LogP contribution in [0, 0.1) is 0 Å². The minimum Gasteiger partial charge on any atom is -0.480 e. The van der Waals surface area contributed by atoms with E-state index in [1.165, 1.54) is 6.92 Å². The molecule has 0 aliphatic heterocycles. The Bertz CT molecular complexity index is 444. The Morgan fingerprint density at radius 1 is 1.18 bits per heavy atom. The minimum atomic E-state index is -1.44. The van der Waals surface area contributed by atoms with Crippen LogP contribution in [0.5, 0.6) is 0 Å². The van der Waals surface area contributed by atoms with Crippen molar-refractivity contribution < 1.29 is 29.4 Å². The Labute approximate surface area is 132 Å². The van der Waals surface area contributed by atoms with Crippen molar-refractivity contribution >= 4 is 36.3 Å². The lowest BCUT2D eigenvalue weighted by molar-refractivity contribution is -0.142. The number of hydrogen-bond donors (Lipinski definition) is 7. The normalized spacial score (nSPS) is 16.0. The molecule has 0 saturated heterocycles. The van der Waals surface area contributed by atoms with Gasteiger partial charge in [0.1, 0.15) is 12.1 Å². The van der Waals surface area contributed by atoms with Gasteiger partial charge in [0.05, 0.1) is 18.6 Å². The maximum absolute atomic E-state index is 11.9. The van der Waals surface area contributed by atoms with E-state index in [1.807, 2.05) is 0 Å². The predicted molar refractivity (Wildman–Crippen MR) is 78.8 cm³/mol. The largest absolute Gasteiger partial charge is 0.480 e. The van der Waals surface area contributed by atoms with Gasteiger partial charge in [0, 0.05) is 5.75 Å². The number of thiol groups is 1. The summed E-state index contributed by atoms with van der Waals surface area (Å²) in [7, 11) is 0. The first-order valence-electron chi connectivity index (χ1n) is 6.26. The second kappa shape index (κ2) is 9.23. The van der Waals surface area contributed by atoms with Crippen LogP contribution in [-0.2, 0) is 19.2 Å². The number of aliphatic hydroxyl groups excluding tert-OH is 1. The molecule has 4 unspecified atom stereocenters. The van der Waals surface area contributed by atoms with Crippen molar-refractivity contribution in [2.24, 2.45) is 11.5 Å². The number of hydrogen-bond acceptors (Lipinski definition) is 7. The molecule has 0 aromatic rings. The molecule has 3 amide bonds. The van der Waals surface area contributed by atoms with Gasteiger partial charge in [-0.3, -0.25) is 14.4 Å². The summed E-state index contributed by atoms with van der Waals surface area (Å²) in [6, 6.07) is -4.01. The van der Waals surface area contributed by atoms with Gasteiger partial charge in [-0.1, -0.05) is 0 Å². The molecule has 0 fully saturated rings. The molecule has 0 aliphatic carbocycles. The topological polar surface area (TPSA) is 185 Å².